The molecule has 1 aromatic carbocycles. The zero-order chi connectivity index (χ0) is 16.0. The Morgan fingerprint density at radius 2 is 2.19 bits per heavy atom. The lowest BCUT2D eigenvalue weighted by Crippen LogP contribution is -2.47. The van der Waals surface area contributed by atoms with Gasteiger partial charge in [0.15, 0.2) is 5.75 Å². The van der Waals surface area contributed by atoms with E-state index < -0.39 is 22.2 Å². The second-order valence-electron chi connectivity index (χ2n) is 4.61. The van der Waals surface area contributed by atoms with E-state index in [1.165, 1.54) is 6.92 Å². The van der Waals surface area contributed by atoms with Crippen molar-refractivity contribution in [2.45, 2.75) is 25.8 Å². The van der Waals surface area contributed by atoms with Gasteiger partial charge in [-0.05, 0) is 19.9 Å². The Hall–Kier alpha value is -2.22. The largest absolute Gasteiger partial charge is 0.487 e. The number of nitrogens with two attached hydrogens (primary N) is 1. The highest BCUT2D eigenvalue weighted by molar-refractivity contribution is 5.79. The van der Waals surface area contributed by atoms with Crippen molar-refractivity contribution < 1.29 is 23.6 Å². The van der Waals surface area contributed by atoms with Crippen LogP contribution in [0.15, 0.2) is 18.2 Å². The molecule has 7 nitrogen and oxygen atoms in total. The maximum atomic E-state index is 13.1. The number of nitrogens with zero attached hydrogens (tertiary/aromatic N) is 1. The summed E-state index contributed by atoms with van der Waals surface area (Å²) in [5, 5.41) is 10.8. The average molecular weight is 300 g/mol. The molecule has 0 saturated heterocycles. The van der Waals surface area contributed by atoms with Crippen LogP contribution in [0.1, 0.15) is 20.3 Å². The summed E-state index contributed by atoms with van der Waals surface area (Å²) < 4.78 is 23.1. The van der Waals surface area contributed by atoms with E-state index in [0.29, 0.717) is 0 Å². The minimum atomic E-state index is -1.28. The van der Waals surface area contributed by atoms with E-state index in [4.69, 9.17) is 15.2 Å². The Morgan fingerprint density at radius 1 is 1.52 bits per heavy atom. The third kappa shape index (κ3) is 4.67. The second kappa shape index (κ2) is 6.98. The number of benzene rings is 1. The molecule has 0 aliphatic rings. The van der Waals surface area contributed by atoms with Crippen molar-refractivity contribution in [3.05, 3.63) is 34.1 Å². The molecule has 2 N–H and O–H groups in total. The van der Waals surface area contributed by atoms with E-state index in [1.54, 1.807) is 6.92 Å². The van der Waals surface area contributed by atoms with Gasteiger partial charge in [-0.15, -0.1) is 0 Å². The van der Waals surface area contributed by atoms with E-state index in [0.717, 1.165) is 18.2 Å². The number of nitro groups is 1. The van der Waals surface area contributed by atoms with Crippen molar-refractivity contribution in [3.63, 3.8) is 0 Å². The van der Waals surface area contributed by atoms with Gasteiger partial charge in [0.2, 0.25) is 0 Å². The lowest BCUT2D eigenvalue weighted by atomic mass is 10.0. The summed E-state index contributed by atoms with van der Waals surface area (Å²) in [5.74, 6) is -1.46. The molecule has 1 aromatic rings. The van der Waals surface area contributed by atoms with Gasteiger partial charge in [0.1, 0.15) is 11.4 Å². The Labute approximate surface area is 121 Å². The second-order valence-corrected chi connectivity index (χ2v) is 4.61. The van der Waals surface area contributed by atoms with Crippen LogP contribution >= 0.6 is 0 Å². The summed E-state index contributed by atoms with van der Waals surface area (Å²) in [5.41, 5.74) is 4.14. The van der Waals surface area contributed by atoms with Crippen molar-refractivity contribution >= 4 is 11.7 Å². The molecule has 21 heavy (non-hydrogen) atoms. The molecule has 0 bridgehead atoms. The molecule has 0 amide bonds. The highest BCUT2D eigenvalue weighted by atomic mass is 19.1. The highest BCUT2D eigenvalue weighted by Gasteiger charge is 2.30. The summed E-state index contributed by atoms with van der Waals surface area (Å²) in [7, 11) is 0. The maximum Gasteiger partial charge on any atom is 0.325 e. The van der Waals surface area contributed by atoms with Gasteiger partial charge in [0.05, 0.1) is 18.1 Å². The van der Waals surface area contributed by atoms with Crippen LogP contribution in [0, 0.1) is 15.9 Å². The SMILES string of the molecule is CCOC(=O)C(C)(N)CCOc1cc(F)ccc1[N+](=O)[O-]. The fraction of sp³-hybridized carbons (Fsp3) is 0.462. The van der Waals surface area contributed by atoms with Gasteiger partial charge in [-0.25, -0.2) is 4.39 Å². The van der Waals surface area contributed by atoms with Gasteiger partial charge < -0.3 is 15.2 Å². The zero-order valence-electron chi connectivity index (χ0n) is 11.8. The van der Waals surface area contributed by atoms with Gasteiger partial charge in [0.25, 0.3) is 0 Å². The summed E-state index contributed by atoms with van der Waals surface area (Å²) in [6, 6.07) is 2.89. The predicted octanol–water partition coefficient (Wildman–Crippen LogP) is 1.78. The van der Waals surface area contributed by atoms with Crippen LogP contribution in [0.2, 0.25) is 0 Å². The zero-order valence-corrected chi connectivity index (χ0v) is 11.8. The van der Waals surface area contributed by atoms with Gasteiger partial charge >= 0.3 is 11.7 Å². The van der Waals surface area contributed by atoms with Crippen molar-refractivity contribution in [1.29, 1.82) is 0 Å². The molecule has 0 aliphatic heterocycles. The van der Waals surface area contributed by atoms with Gasteiger partial charge in [-0.3, -0.25) is 14.9 Å². The number of hydrogen-bond donors (Lipinski definition) is 1. The molecule has 0 heterocycles. The van der Waals surface area contributed by atoms with Gasteiger partial charge in [0, 0.05) is 18.6 Å². The smallest absolute Gasteiger partial charge is 0.325 e. The number of esters is 1. The predicted molar refractivity (Wildman–Crippen MR) is 72.4 cm³/mol. The third-order valence-corrected chi connectivity index (χ3v) is 2.74. The molecule has 0 aliphatic carbocycles. The van der Waals surface area contributed by atoms with Crippen molar-refractivity contribution in [2.75, 3.05) is 13.2 Å². The van der Waals surface area contributed by atoms with Crippen LogP contribution in [-0.4, -0.2) is 29.6 Å². The maximum absolute atomic E-state index is 13.1. The molecule has 116 valence electrons. The first-order valence-electron chi connectivity index (χ1n) is 6.30. The summed E-state index contributed by atoms with van der Waals surface area (Å²) >= 11 is 0. The monoisotopic (exact) mass is 300 g/mol. The Balaban J connectivity index is 2.70. The van der Waals surface area contributed by atoms with Crippen molar-refractivity contribution in [1.82, 2.24) is 0 Å². The number of nitro benzene ring substituents is 1. The van der Waals surface area contributed by atoms with Crippen molar-refractivity contribution in [2.24, 2.45) is 5.73 Å². The van der Waals surface area contributed by atoms with Gasteiger partial charge in [-0.1, -0.05) is 0 Å². The lowest BCUT2D eigenvalue weighted by molar-refractivity contribution is -0.385. The number of carbonyl (C=O) groups excluding carboxylic acids is 1. The number of rotatable bonds is 7. The lowest BCUT2D eigenvalue weighted by Gasteiger charge is -2.22. The van der Waals surface area contributed by atoms with Crippen LogP contribution < -0.4 is 10.5 Å². The van der Waals surface area contributed by atoms with Crippen LogP contribution in [0.25, 0.3) is 0 Å². The summed E-state index contributed by atoms with van der Waals surface area (Å²) in [6.07, 6.45) is 0.0689. The molecule has 0 spiro atoms. The summed E-state index contributed by atoms with van der Waals surface area (Å²) in [4.78, 5) is 21.7. The Bertz CT molecular complexity index is 533. The highest BCUT2D eigenvalue weighted by Crippen LogP contribution is 2.27. The number of halogens is 1. The first-order valence-corrected chi connectivity index (χ1v) is 6.30. The first-order chi connectivity index (χ1) is 9.77. The first kappa shape index (κ1) is 16.8. The van der Waals surface area contributed by atoms with Gasteiger partial charge in [-0.2, -0.15) is 0 Å². The van der Waals surface area contributed by atoms with E-state index in [9.17, 15) is 19.3 Å². The van der Waals surface area contributed by atoms with E-state index in [1.807, 2.05) is 0 Å². The Morgan fingerprint density at radius 3 is 2.76 bits per heavy atom. The molecule has 1 atom stereocenters. The van der Waals surface area contributed by atoms with E-state index in [2.05, 4.69) is 0 Å². The Kier molecular flexibility index (Phi) is 5.60. The van der Waals surface area contributed by atoms with Crippen LogP contribution in [0.4, 0.5) is 10.1 Å². The molecule has 0 aromatic heterocycles. The van der Waals surface area contributed by atoms with Crippen LogP contribution in [0.3, 0.4) is 0 Å². The molecule has 1 rings (SSSR count). The fourth-order valence-electron chi connectivity index (χ4n) is 1.53. The summed E-state index contributed by atoms with van der Waals surface area (Å²) in [6.45, 7) is 3.23. The normalized spacial score (nSPS) is 13.3. The molecule has 0 fully saturated rings. The molecule has 0 saturated carbocycles. The number of carbonyl (C=O) groups is 1. The number of ether oxygens (including phenoxy) is 2. The molecule has 0 radical (unpaired) electrons. The topological polar surface area (TPSA) is 105 Å². The third-order valence-electron chi connectivity index (χ3n) is 2.74. The molecular formula is C13H17FN2O5. The molecular weight excluding hydrogens is 283 g/mol. The number of hydrogen-bond acceptors (Lipinski definition) is 6. The van der Waals surface area contributed by atoms with E-state index >= 15 is 0 Å². The average Bonchev–Trinajstić information content (AvgIpc) is 2.38. The fourth-order valence-corrected chi connectivity index (χ4v) is 1.53. The standard InChI is InChI=1S/C13H17FN2O5/c1-3-20-12(17)13(2,15)6-7-21-11-8-9(14)4-5-10(11)16(18)19/h4-5,8H,3,6-7,15H2,1-2H3. The van der Waals surface area contributed by atoms with E-state index in [-0.39, 0.29) is 31.1 Å². The van der Waals surface area contributed by atoms with Crippen LogP contribution in [0.5, 0.6) is 5.75 Å². The molecule has 8 heteroatoms. The van der Waals surface area contributed by atoms with Crippen molar-refractivity contribution in [3.8, 4) is 5.75 Å². The quantitative estimate of drug-likeness (QED) is 0.467. The molecule has 1 unspecified atom stereocenters. The minimum absolute atomic E-state index is 0.0689. The minimum Gasteiger partial charge on any atom is -0.487 e. The van der Waals surface area contributed by atoms with Crippen LogP contribution in [-0.2, 0) is 9.53 Å².